The topological polar surface area (TPSA) is 38.8 Å². The molecule has 4 rings (SSSR count). The number of piperidine rings is 1. The second-order valence-corrected chi connectivity index (χ2v) is 7.62. The molecule has 0 atom stereocenters. The zero-order valence-corrected chi connectivity index (χ0v) is 16.2. The van der Waals surface area contributed by atoms with Crippen LogP contribution < -0.4 is 9.47 Å². The second kappa shape index (κ2) is 8.16. The minimum absolute atomic E-state index is 0.226. The van der Waals surface area contributed by atoms with E-state index in [4.69, 9.17) is 9.47 Å². The SMILES string of the molecule is O=C(c1c(F)cccc1C(F)(F)F)N1CCC(CCc2ccc3c(c2)OCO3)CC1. The number of likely N-dealkylation sites (tertiary alicyclic amines) is 1. The molecule has 2 aromatic carbocycles. The summed E-state index contributed by atoms with van der Waals surface area (Å²) < 4.78 is 64.4. The van der Waals surface area contributed by atoms with Gasteiger partial charge in [0.1, 0.15) is 5.82 Å². The van der Waals surface area contributed by atoms with Crippen molar-refractivity contribution in [1.29, 1.82) is 0 Å². The monoisotopic (exact) mass is 423 g/mol. The van der Waals surface area contributed by atoms with Gasteiger partial charge in [0.25, 0.3) is 5.91 Å². The third-order valence-electron chi connectivity index (χ3n) is 5.71. The molecular formula is C22H21F4NO3. The lowest BCUT2D eigenvalue weighted by Crippen LogP contribution is -2.39. The summed E-state index contributed by atoms with van der Waals surface area (Å²) in [7, 11) is 0. The molecule has 0 bridgehead atoms. The third kappa shape index (κ3) is 4.22. The van der Waals surface area contributed by atoms with Crippen LogP contribution in [-0.4, -0.2) is 30.7 Å². The van der Waals surface area contributed by atoms with Gasteiger partial charge in [0, 0.05) is 13.1 Å². The average Bonchev–Trinajstić information content (AvgIpc) is 3.19. The Morgan fingerprint density at radius 3 is 2.53 bits per heavy atom. The summed E-state index contributed by atoms with van der Waals surface area (Å²) >= 11 is 0. The van der Waals surface area contributed by atoms with Gasteiger partial charge in [-0.25, -0.2) is 4.39 Å². The summed E-state index contributed by atoms with van der Waals surface area (Å²) in [6.45, 7) is 0.857. The minimum Gasteiger partial charge on any atom is -0.454 e. The molecule has 0 aliphatic carbocycles. The molecule has 160 valence electrons. The fraction of sp³-hybridized carbons (Fsp3) is 0.409. The van der Waals surface area contributed by atoms with Crippen LogP contribution in [0.25, 0.3) is 0 Å². The van der Waals surface area contributed by atoms with Gasteiger partial charge in [-0.05, 0) is 61.4 Å². The highest BCUT2D eigenvalue weighted by atomic mass is 19.4. The lowest BCUT2D eigenvalue weighted by molar-refractivity contribution is -0.138. The first-order valence-corrected chi connectivity index (χ1v) is 9.86. The lowest BCUT2D eigenvalue weighted by atomic mass is 9.90. The van der Waals surface area contributed by atoms with Crippen LogP contribution in [0, 0.1) is 11.7 Å². The van der Waals surface area contributed by atoms with Gasteiger partial charge in [-0.3, -0.25) is 4.79 Å². The van der Waals surface area contributed by atoms with Crippen molar-refractivity contribution in [3.63, 3.8) is 0 Å². The molecule has 2 aliphatic rings. The fourth-order valence-corrected chi connectivity index (χ4v) is 4.03. The summed E-state index contributed by atoms with van der Waals surface area (Å²) in [6.07, 6.45) is -1.70. The Kier molecular flexibility index (Phi) is 5.58. The number of carbonyl (C=O) groups is 1. The van der Waals surface area contributed by atoms with E-state index in [9.17, 15) is 22.4 Å². The number of aryl methyl sites for hydroxylation is 1. The predicted molar refractivity (Wildman–Crippen MR) is 101 cm³/mol. The third-order valence-corrected chi connectivity index (χ3v) is 5.71. The van der Waals surface area contributed by atoms with E-state index in [-0.39, 0.29) is 6.79 Å². The summed E-state index contributed by atoms with van der Waals surface area (Å²) in [5.41, 5.74) is -0.986. The van der Waals surface area contributed by atoms with Crippen molar-refractivity contribution in [3.05, 3.63) is 58.9 Å². The Hall–Kier alpha value is -2.77. The van der Waals surface area contributed by atoms with Gasteiger partial charge >= 0.3 is 6.18 Å². The Balaban J connectivity index is 1.35. The van der Waals surface area contributed by atoms with Crippen LogP contribution in [-0.2, 0) is 12.6 Å². The molecule has 2 aromatic rings. The molecule has 0 aromatic heterocycles. The van der Waals surface area contributed by atoms with Crippen molar-refractivity contribution >= 4 is 5.91 Å². The van der Waals surface area contributed by atoms with E-state index in [1.54, 1.807) is 0 Å². The molecule has 1 amide bonds. The van der Waals surface area contributed by atoms with Crippen LogP contribution in [0.4, 0.5) is 17.6 Å². The molecule has 1 saturated heterocycles. The van der Waals surface area contributed by atoms with Crippen molar-refractivity contribution in [3.8, 4) is 11.5 Å². The minimum atomic E-state index is -4.78. The van der Waals surface area contributed by atoms with E-state index < -0.39 is 29.0 Å². The predicted octanol–water partition coefficient (Wildman–Crippen LogP) is 5.06. The number of benzene rings is 2. The zero-order valence-electron chi connectivity index (χ0n) is 16.2. The number of halogens is 4. The first kappa shape index (κ1) is 20.5. The van der Waals surface area contributed by atoms with Crippen molar-refractivity contribution in [2.45, 2.75) is 31.9 Å². The number of alkyl halides is 3. The number of nitrogens with zero attached hydrogens (tertiary/aromatic N) is 1. The van der Waals surface area contributed by atoms with Crippen molar-refractivity contribution in [2.75, 3.05) is 19.9 Å². The Labute approximate surface area is 171 Å². The Morgan fingerprint density at radius 2 is 1.80 bits per heavy atom. The van der Waals surface area contributed by atoms with E-state index in [0.29, 0.717) is 31.8 Å². The first-order valence-electron chi connectivity index (χ1n) is 9.86. The van der Waals surface area contributed by atoms with Crippen LogP contribution >= 0.6 is 0 Å². The largest absolute Gasteiger partial charge is 0.454 e. The highest BCUT2D eigenvalue weighted by molar-refractivity contribution is 5.96. The van der Waals surface area contributed by atoms with Crippen molar-refractivity contribution < 1.29 is 31.8 Å². The van der Waals surface area contributed by atoms with Crippen LogP contribution in [0.5, 0.6) is 11.5 Å². The quantitative estimate of drug-likeness (QED) is 0.646. The molecule has 0 saturated carbocycles. The van der Waals surface area contributed by atoms with Gasteiger partial charge < -0.3 is 14.4 Å². The number of fused-ring (bicyclic) bond motifs is 1. The summed E-state index contributed by atoms with van der Waals surface area (Å²) in [4.78, 5) is 14.0. The summed E-state index contributed by atoms with van der Waals surface area (Å²) in [5.74, 6) is -0.216. The molecule has 8 heteroatoms. The molecule has 2 heterocycles. The molecule has 0 radical (unpaired) electrons. The van der Waals surface area contributed by atoms with Crippen molar-refractivity contribution in [1.82, 2.24) is 4.90 Å². The van der Waals surface area contributed by atoms with E-state index in [1.807, 2.05) is 18.2 Å². The Bertz CT molecular complexity index is 936. The molecule has 0 spiro atoms. The van der Waals surface area contributed by atoms with Gasteiger partial charge in [0.05, 0.1) is 11.1 Å². The van der Waals surface area contributed by atoms with Crippen LogP contribution in [0.2, 0.25) is 0 Å². The first-order chi connectivity index (χ1) is 14.3. The van der Waals surface area contributed by atoms with Crippen LogP contribution in [0.1, 0.15) is 40.7 Å². The maximum Gasteiger partial charge on any atom is 0.417 e. The molecule has 0 unspecified atom stereocenters. The standard InChI is InChI=1S/C22H21F4NO3/c23-17-3-1-2-16(22(24,25)26)20(17)21(28)27-10-8-14(9-11-27)4-5-15-6-7-18-19(12-15)30-13-29-18/h1-3,6-7,12,14H,4-5,8-11,13H2. The number of amides is 1. The smallest absolute Gasteiger partial charge is 0.417 e. The van der Waals surface area contributed by atoms with Gasteiger partial charge in [0.15, 0.2) is 11.5 Å². The molecule has 4 nitrogen and oxygen atoms in total. The van der Waals surface area contributed by atoms with Gasteiger partial charge in [-0.15, -0.1) is 0 Å². The fourth-order valence-electron chi connectivity index (χ4n) is 4.03. The lowest BCUT2D eigenvalue weighted by Gasteiger charge is -2.32. The van der Waals surface area contributed by atoms with Crippen LogP contribution in [0.3, 0.4) is 0 Å². The number of hydrogen-bond donors (Lipinski definition) is 0. The van der Waals surface area contributed by atoms with Gasteiger partial charge in [-0.1, -0.05) is 12.1 Å². The van der Waals surface area contributed by atoms with Gasteiger partial charge in [-0.2, -0.15) is 13.2 Å². The Morgan fingerprint density at radius 1 is 1.07 bits per heavy atom. The van der Waals surface area contributed by atoms with Crippen molar-refractivity contribution in [2.24, 2.45) is 5.92 Å². The number of rotatable bonds is 4. The van der Waals surface area contributed by atoms with E-state index in [0.717, 1.165) is 48.1 Å². The molecule has 2 aliphatic heterocycles. The average molecular weight is 423 g/mol. The van der Waals surface area contributed by atoms with Gasteiger partial charge in [0.2, 0.25) is 6.79 Å². The molecule has 30 heavy (non-hydrogen) atoms. The zero-order chi connectivity index (χ0) is 21.3. The highest BCUT2D eigenvalue weighted by Gasteiger charge is 2.38. The number of carbonyl (C=O) groups excluding carboxylic acids is 1. The summed E-state index contributed by atoms with van der Waals surface area (Å²) in [5, 5.41) is 0. The number of ether oxygens (including phenoxy) is 2. The molecule has 0 N–H and O–H groups in total. The normalized spacial score (nSPS) is 16.7. The maximum absolute atomic E-state index is 14.1. The number of hydrogen-bond acceptors (Lipinski definition) is 3. The summed E-state index contributed by atoms with van der Waals surface area (Å²) in [6, 6.07) is 8.43. The highest BCUT2D eigenvalue weighted by Crippen LogP contribution is 2.35. The van der Waals surface area contributed by atoms with E-state index >= 15 is 0 Å². The maximum atomic E-state index is 14.1. The van der Waals surface area contributed by atoms with E-state index in [1.165, 1.54) is 4.90 Å². The molecular weight excluding hydrogens is 402 g/mol. The second-order valence-electron chi connectivity index (χ2n) is 7.62. The molecule has 1 fully saturated rings. The van der Waals surface area contributed by atoms with E-state index in [2.05, 4.69) is 0 Å². The van der Waals surface area contributed by atoms with Crippen LogP contribution in [0.15, 0.2) is 36.4 Å².